The van der Waals surface area contributed by atoms with Gasteiger partial charge in [-0.1, -0.05) is 35.9 Å². The molecule has 3 rings (SSSR count). The number of amides is 1. The van der Waals surface area contributed by atoms with Gasteiger partial charge >= 0.3 is 0 Å². The van der Waals surface area contributed by atoms with Crippen LogP contribution in [0.4, 0.5) is 0 Å². The van der Waals surface area contributed by atoms with Crippen LogP contribution < -0.4 is 0 Å². The number of halogens is 1. The minimum absolute atomic E-state index is 0.00613. The van der Waals surface area contributed by atoms with Crippen molar-refractivity contribution in [1.29, 1.82) is 5.26 Å². The van der Waals surface area contributed by atoms with E-state index in [4.69, 9.17) is 16.9 Å². The van der Waals surface area contributed by atoms with E-state index in [0.717, 1.165) is 0 Å². The zero-order valence-corrected chi connectivity index (χ0v) is 15.4. The van der Waals surface area contributed by atoms with E-state index in [1.807, 2.05) is 6.07 Å². The Morgan fingerprint density at radius 2 is 1.62 bits per heavy atom. The van der Waals surface area contributed by atoms with Crippen LogP contribution in [0.3, 0.4) is 0 Å². The van der Waals surface area contributed by atoms with Gasteiger partial charge in [0, 0.05) is 26.2 Å². The number of benzene rings is 2. The van der Waals surface area contributed by atoms with Crippen molar-refractivity contribution in [1.82, 2.24) is 9.21 Å². The van der Waals surface area contributed by atoms with Gasteiger partial charge in [0.1, 0.15) is 6.07 Å². The number of rotatable bonds is 3. The van der Waals surface area contributed by atoms with E-state index in [1.165, 1.54) is 16.4 Å². The molecule has 0 saturated carbocycles. The fraction of sp³-hybridized carbons (Fsp3) is 0.222. The van der Waals surface area contributed by atoms with E-state index in [2.05, 4.69) is 0 Å². The molecule has 1 aliphatic rings. The van der Waals surface area contributed by atoms with E-state index in [1.54, 1.807) is 41.3 Å². The van der Waals surface area contributed by atoms with Crippen LogP contribution in [0.2, 0.25) is 5.02 Å². The van der Waals surface area contributed by atoms with Crippen molar-refractivity contribution < 1.29 is 13.2 Å². The van der Waals surface area contributed by atoms with E-state index in [0.29, 0.717) is 10.6 Å². The molecule has 1 saturated heterocycles. The van der Waals surface area contributed by atoms with Crippen molar-refractivity contribution in [3.63, 3.8) is 0 Å². The highest BCUT2D eigenvalue weighted by atomic mass is 35.5. The second-order valence-electron chi connectivity index (χ2n) is 5.78. The third-order valence-corrected chi connectivity index (χ3v) is 6.54. The number of carbonyl (C=O) groups excluding carboxylic acids is 1. The molecule has 2 aromatic carbocycles. The quantitative estimate of drug-likeness (QED) is 0.806. The molecule has 0 unspecified atom stereocenters. The molecule has 0 bridgehead atoms. The molecule has 26 heavy (non-hydrogen) atoms. The maximum absolute atomic E-state index is 12.8. The van der Waals surface area contributed by atoms with Gasteiger partial charge in [-0.25, -0.2) is 8.42 Å². The van der Waals surface area contributed by atoms with E-state index in [9.17, 15) is 13.2 Å². The molecule has 1 aliphatic heterocycles. The zero-order chi connectivity index (χ0) is 18.7. The van der Waals surface area contributed by atoms with E-state index < -0.39 is 10.0 Å². The van der Waals surface area contributed by atoms with Gasteiger partial charge in [-0.3, -0.25) is 4.79 Å². The van der Waals surface area contributed by atoms with Gasteiger partial charge in [0.15, 0.2) is 0 Å². The van der Waals surface area contributed by atoms with Gasteiger partial charge < -0.3 is 4.90 Å². The van der Waals surface area contributed by atoms with Gasteiger partial charge in [0.25, 0.3) is 5.91 Å². The van der Waals surface area contributed by atoms with Crippen LogP contribution in [-0.2, 0) is 10.0 Å². The fourth-order valence-electron chi connectivity index (χ4n) is 2.86. The highest BCUT2D eigenvalue weighted by Gasteiger charge is 2.32. The van der Waals surface area contributed by atoms with Gasteiger partial charge in [0.05, 0.1) is 21.0 Å². The largest absolute Gasteiger partial charge is 0.336 e. The Balaban J connectivity index is 1.75. The second-order valence-corrected chi connectivity index (χ2v) is 8.10. The molecule has 0 atom stereocenters. The van der Waals surface area contributed by atoms with Gasteiger partial charge in [-0.05, 0) is 24.3 Å². The maximum atomic E-state index is 12.8. The van der Waals surface area contributed by atoms with Crippen molar-refractivity contribution in [2.24, 2.45) is 0 Å². The Bertz CT molecular complexity index is 977. The standard InChI is InChI=1S/C18H16ClN3O3S/c19-16-7-3-2-6-15(16)18(23)21-9-11-22(12-10-21)26(24,25)17-8-4-1-5-14(17)13-20/h1-8H,9-12H2. The molecule has 1 amide bonds. The molecule has 0 aromatic heterocycles. The lowest BCUT2D eigenvalue weighted by Crippen LogP contribution is -2.50. The number of carbonyl (C=O) groups is 1. The molecule has 0 radical (unpaired) electrons. The van der Waals surface area contributed by atoms with Crippen LogP contribution in [0.25, 0.3) is 0 Å². The molecule has 6 nitrogen and oxygen atoms in total. The van der Waals surface area contributed by atoms with Crippen molar-refractivity contribution >= 4 is 27.5 Å². The molecular weight excluding hydrogens is 374 g/mol. The Kier molecular flexibility index (Phi) is 5.28. The summed E-state index contributed by atoms with van der Waals surface area (Å²) in [6.45, 7) is 0.854. The Labute approximate surface area is 157 Å². The van der Waals surface area contributed by atoms with Crippen molar-refractivity contribution in [3.8, 4) is 6.07 Å². The number of hydrogen-bond acceptors (Lipinski definition) is 4. The summed E-state index contributed by atoms with van der Waals surface area (Å²) in [4.78, 5) is 14.2. The molecule has 0 spiro atoms. The van der Waals surface area contributed by atoms with Gasteiger partial charge in [0.2, 0.25) is 10.0 Å². The molecule has 1 fully saturated rings. The van der Waals surface area contributed by atoms with Crippen LogP contribution in [0.15, 0.2) is 53.4 Å². The summed E-state index contributed by atoms with van der Waals surface area (Å²) in [5.74, 6) is -0.218. The summed E-state index contributed by atoms with van der Waals surface area (Å²) < 4.78 is 26.9. The molecule has 0 N–H and O–H groups in total. The Morgan fingerprint density at radius 1 is 1.00 bits per heavy atom. The van der Waals surface area contributed by atoms with Crippen LogP contribution in [0.5, 0.6) is 0 Å². The second kappa shape index (κ2) is 7.46. The highest BCUT2D eigenvalue weighted by Crippen LogP contribution is 2.22. The number of nitriles is 1. The Morgan fingerprint density at radius 3 is 2.27 bits per heavy atom. The third-order valence-electron chi connectivity index (χ3n) is 4.26. The topological polar surface area (TPSA) is 81.5 Å². The fourth-order valence-corrected chi connectivity index (χ4v) is 4.64. The van der Waals surface area contributed by atoms with Crippen molar-refractivity contribution in [2.75, 3.05) is 26.2 Å². The number of sulfonamides is 1. The average molecular weight is 390 g/mol. The van der Waals surface area contributed by atoms with Crippen LogP contribution in [0, 0.1) is 11.3 Å². The normalized spacial score (nSPS) is 15.5. The van der Waals surface area contributed by atoms with Crippen LogP contribution in [0.1, 0.15) is 15.9 Å². The third kappa shape index (κ3) is 3.44. The highest BCUT2D eigenvalue weighted by molar-refractivity contribution is 7.89. The lowest BCUT2D eigenvalue weighted by atomic mass is 10.2. The lowest BCUT2D eigenvalue weighted by Gasteiger charge is -2.34. The van der Waals surface area contributed by atoms with Gasteiger partial charge in [-0.2, -0.15) is 9.57 Å². The predicted octanol–water partition coefficient (Wildman–Crippen LogP) is 2.36. The first-order chi connectivity index (χ1) is 12.4. The van der Waals surface area contributed by atoms with E-state index >= 15 is 0 Å². The summed E-state index contributed by atoms with van der Waals surface area (Å²) in [5, 5.41) is 9.52. The minimum Gasteiger partial charge on any atom is -0.336 e. The average Bonchev–Trinajstić information content (AvgIpc) is 2.68. The monoisotopic (exact) mass is 389 g/mol. The van der Waals surface area contributed by atoms with Crippen LogP contribution >= 0.6 is 11.6 Å². The summed E-state index contributed by atoms with van der Waals surface area (Å²) in [6, 6.07) is 14.8. The summed E-state index contributed by atoms with van der Waals surface area (Å²) in [5.41, 5.74) is 0.516. The summed E-state index contributed by atoms with van der Waals surface area (Å²) >= 11 is 6.07. The number of nitrogens with zero attached hydrogens (tertiary/aromatic N) is 3. The molecule has 2 aromatic rings. The van der Waals surface area contributed by atoms with Gasteiger partial charge in [-0.15, -0.1) is 0 Å². The minimum atomic E-state index is -3.78. The van der Waals surface area contributed by atoms with Crippen molar-refractivity contribution in [2.45, 2.75) is 4.90 Å². The van der Waals surface area contributed by atoms with E-state index in [-0.39, 0.29) is 42.5 Å². The molecule has 8 heteroatoms. The maximum Gasteiger partial charge on any atom is 0.255 e. The number of piperazine rings is 1. The molecule has 134 valence electrons. The zero-order valence-electron chi connectivity index (χ0n) is 13.8. The lowest BCUT2D eigenvalue weighted by molar-refractivity contribution is 0.0698. The predicted molar refractivity (Wildman–Crippen MR) is 97.3 cm³/mol. The molecular formula is C18H16ClN3O3S. The first kappa shape index (κ1) is 18.4. The SMILES string of the molecule is N#Cc1ccccc1S(=O)(=O)N1CCN(C(=O)c2ccccc2Cl)CC1. The Hall–Kier alpha value is -2.40. The molecule has 0 aliphatic carbocycles. The smallest absolute Gasteiger partial charge is 0.255 e. The van der Waals surface area contributed by atoms with Crippen molar-refractivity contribution in [3.05, 3.63) is 64.7 Å². The first-order valence-electron chi connectivity index (χ1n) is 7.98. The first-order valence-corrected chi connectivity index (χ1v) is 9.80. The summed E-state index contributed by atoms with van der Waals surface area (Å²) in [6.07, 6.45) is 0. The number of hydrogen-bond donors (Lipinski definition) is 0. The van der Waals surface area contributed by atoms with Crippen LogP contribution in [-0.4, -0.2) is 49.7 Å². The summed E-state index contributed by atoms with van der Waals surface area (Å²) in [7, 11) is -3.78. The molecule has 1 heterocycles.